The summed E-state index contributed by atoms with van der Waals surface area (Å²) < 4.78 is 34.7. The van der Waals surface area contributed by atoms with Crippen molar-refractivity contribution in [1.82, 2.24) is 29.9 Å². The Morgan fingerprint density at radius 3 is 2.27 bits per heavy atom. The molecule has 2 aromatic carbocycles. The molecular formula is C29H32N6O5S. The first-order valence-corrected chi connectivity index (χ1v) is 15.2. The van der Waals surface area contributed by atoms with Crippen LogP contribution in [0.5, 0.6) is 0 Å². The van der Waals surface area contributed by atoms with Crippen LogP contribution >= 0.6 is 0 Å². The van der Waals surface area contributed by atoms with Crippen molar-refractivity contribution in [1.29, 1.82) is 0 Å². The Balaban J connectivity index is 1.46. The molecule has 214 valence electrons. The van der Waals surface area contributed by atoms with Crippen LogP contribution in [0.1, 0.15) is 68.1 Å². The van der Waals surface area contributed by atoms with Gasteiger partial charge in [-0.3, -0.25) is 14.3 Å². The Bertz CT molecular complexity index is 1650. The van der Waals surface area contributed by atoms with E-state index in [1.807, 2.05) is 62.4 Å². The summed E-state index contributed by atoms with van der Waals surface area (Å²) in [5, 5.41) is 11.5. The maximum absolute atomic E-state index is 13.8. The summed E-state index contributed by atoms with van der Waals surface area (Å²) in [7, 11) is -3.66. The molecule has 5 rings (SSSR count). The van der Waals surface area contributed by atoms with Crippen LogP contribution in [-0.4, -0.2) is 52.9 Å². The number of nitrogens with one attached hydrogen (secondary N) is 2. The molecule has 0 saturated heterocycles. The monoisotopic (exact) mass is 576 g/mol. The van der Waals surface area contributed by atoms with Crippen molar-refractivity contribution in [3.8, 4) is 0 Å². The Morgan fingerprint density at radius 2 is 1.66 bits per heavy atom. The summed E-state index contributed by atoms with van der Waals surface area (Å²) in [5.74, 6) is -0.178. The van der Waals surface area contributed by atoms with E-state index in [1.165, 1.54) is 0 Å². The fraction of sp³-hybridized carbons (Fsp3) is 0.310. The lowest BCUT2D eigenvalue weighted by atomic mass is 9.93. The normalized spacial score (nSPS) is 14.8. The molecule has 0 fully saturated rings. The average Bonchev–Trinajstić information content (AvgIpc) is 3.57. The quantitative estimate of drug-likeness (QED) is 0.312. The van der Waals surface area contributed by atoms with Crippen molar-refractivity contribution < 1.29 is 22.5 Å². The number of aromatic nitrogens is 3. The molecule has 0 saturated carbocycles. The zero-order chi connectivity index (χ0) is 29.1. The summed E-state index contributed by atoms with van der Waals surface area (Å²) in [6.07, 6.45) is 1.49. The summed E-state index contributed by atoms with van der Waals surface area (Å²) >= 11 is 0. The number of rotatable bonds is 9. The van der Waals surface area contributed by atoms with Gasteiger partial charge in [0.25, 0.3) is 11.8 Å². The van der Waals surface area contributed by atoms with Crippen molar-refractivity contribution in [3.63, 3.8) is 0 Å². The molecule has 2 atom stereocenters. The molecule has 1 aliphatic heterocycles. The van der Waals surface area contributed by atoms with Gasteiger partial charge < -0.3 is 14.7 Å². The third-order valence-electron chi connectivity index (χ3n) is 7.03. The molecule has 0 radical (unpaired) electrons. The van der Waals surface area contributed by atoms with Crippen LogP contribution in [0.15, 0.2) is 71.3 Å². The van der Waals surface area contributed by atoms with Gasteiger partial charge >= 0.3 is 0 Å². The molecule has 3 heterocycles. The second kappa shape index (κ2) is 11.7. The minimum absolute atomic E-state index is 0.0600. The zero-order valence-corrected chi connectivity index (χ0v) is 23.9. The highest BCUT2D eigenvalue weighted by atomic mass is 32.2. The molecule has 2 amide bonds. The number of hydrogen-bond acceptors (Lipinski definition) is 7. The van der Waals surface area contributed by atoms with E-state index < -0.39 is 28.0 Å². The number of aryl methyl sites for hydroxylation is 2. The van der Waals surface area contributed by atoms with Gasteiger partial charge in [-0.2, -0.15) is 5.10 Å². The largest absolute Gasteiger partial charge is 0.360 e. The van der Waals surface area contributed by atoms with E-state index >= 15 is 0 Å². The van der Waals surface area contributed by atoms with Crippen molar-refractivity contribution in [2.24, 2.45) is 0 Å². The molecule has 41 heavy (non-hydrogen) atoms. The fourth-order valence-electron chi connectivity index (χ4n) is 5.13. The average molecular weight is 577 g/mol. The second-order valence-corrected chi connectivity index (χ2v) is 11.8. The van der Waals surface area contributed by atoms with Crippen LogP contribution in [0.4, 0.5) is 0 Å². The number of sulfonamides is 1. The van der Waals surface area contributed by atoms with E-state index in [1.54, 1.807) is 27.8 Å². The molecular weight excluding hydrogens is 544 g/mol. The number of carbonyl (C=O) groups is 2. The first kappa shape index (κ1) is 28.2. The van der Waals surface area contributed by atoms with Crippen molar-refractivity contribution in [2.45, 2.75) is 45.4 Å². The highest BCUT2D eigenvalue weighted by Gasteiger charge is 2.34. The molecule has 0 bridgehead atoms. The van der Waals surface area contributed by atoms with Crippen molar-refractivity contribution in [3.05, 3.63) is 106 Å². The number of carbonyl (C=O) groups excluding carboxylic acids is 2. The van der Waals surface area contributed by atoms with E-state index in [2.05, 4.69) is 20.3 Å². The molecule has 1 aliphatic rings. The predicted octanol–water partition coefficient (Wildman–Crippen LogP) is 3.16. The van der Waals surface area contributed by atoms with Gasteiger partial charge in [-0.1, -0.05) is 65.8 Å². The standard InChI is InChI=1S/C29H32N6O5S/c1-4-35-23(17-19(2)31-35)29(37)34-16-15-24-22(18-34)27(32-40-24)28(36)30-25(20-11-7-5-8-12-20)26(33-41(3,38)39)21-13-9-6-10-14-21/h5-14,17,25-26,33H,4,15-16,18H2,1-3H3,(H,30,36)/t25-,26+/m1/s1. The molecule has 2 aromatic heterocycles. The molecule has 4 aromatic rings. The molecule has 11 nitrogen and oxygen atoms in total. The highest BCUT2D eigenvalue weighted by Crippen LogP contribution is 2.31. The van der Waals surface area contributed by atoms with E-state index in [9.17, 15) is 18.0 Å². The third-order valence-corrected chi connectivity index (χ3v) is 7.71. The topological polar surface area (TPSA) is 139 Å². The molecule has 12 heteroatoms. The Labute approximate surface area is 238 Å². The van der Waals surface area contributed by atoms with E-state index in [0.29, 0.717) is 47.7 Å². The lowest BCUT2D eigenvalue weighted by Gasteiger charge is -2.29. The predicted molar refractivity (Wildman–Crippen MR) is 151 cm³/mol. The minimum atomic E-state index is -3.66. The fourth-order valence-corrected chi connectivity index (χ4v) is 5.86. The molecule has 0 spiro atoms. The van der Waals surface area contributed by atoms with Crippen molar-refractivity contribution in [2.75, 3.05) is 12.8 Å². The maximum Gasteiger partial charge on any atom is 0.274 e. The van der Waals surface area contributed by atoms with Crippen LogP contribution < -0.4 is 10.0 Å². The number of fused-ring (bicyclic) bond motifs is 1. The number of amides is 2. The number of hydrogen-bond donors (Lipinski definition) is 2. The van der Waals surface area contributed by atoms with Gasteiger partial charge in [0, 0.05) is 25.1 Å². The van der Waals surface area contributed by atoms with Gasteiger partial charge in [0.1, 0.15) is 11.5 Å². The maximum atomic E-state index is 13.8. The highest BCUT2D eigenvalue weighted by molar-refractivity contribution is 7.88. The second-order valence-electron chi connectivity index (χ2n) is 10.0. The van der Waals surface area contributed by atoms with Gasteiger partial charge in [-0.05, 0) is 31.0 Å². The summed E-state index contributed by atoms with van der Waals surface area (Å²) in [6, 6.07) is 18.3. The van der Waals surface area contributed by atoms with Crippen molar-refractivity contribution >= 4 is 21.8 Å². The Hall–Kier alpha value is -4.29. The molecule has 2 N–H and O–H groups in total. The zero-order valence-electron chi connectivity index (χ0n) is 23.1. The summed E-state index contributed by atoms with van der Waals surface area (Å²) in [4.78, 5) is 28.8. The third kappa shape index (κ3) is 6.23. The summed E-state index contributed by atoms with van der Waals surface area (Å²) in [6.45, 7) is 4.87. The van der Waals surface area contributed by atoms with Gasteiger partial charge in [-0.15, -0.1) is 0 Å². The molecule has 0 aliphatic carbocycles. The lowest BCUT2D eigenvalue weighted by molar-refractivity contribution is 0.0714. The van der Waals surface area contributed by atoms with Crippen LogP contribution in [0.25, 0.3) is 0 Å². The van der Waals surface area contributed by atoms with E-state index in [-0.39, 0.29) is 18.1 Å². The van der Waals surface area contributed by atoms with E-state index in [4.69, 9.17) is 4.52 Å². The van der Waals surface area contributed by atoms with Gasteiger partial charge in [0.2, 0.25) is 10.0 Å². The van der Waals surface area contributed by atoms with Gasteiger partial charge in [0.15, 0.2) is 5.69 Å². The first-order valence-electron chi connectivity index (χ1n) is 13.3. The van der Waals surface area contributed by atoms with Crippen LogP contribution in [0.2, 0.25) is 0 Å². The minimum Gasteiger partial charge on any atom is -0.360 e. The SMILES string of the molecule is CCn1nc(C)cc1C(=O)N1CCc2onc(C(=O)N[C@H](c3ccccc3)[C@@H](NS(C)(=O)=O)c3ccccc3)c2C1. The number of benzene rings is 2. The molecule has 0 unspecified atom stereocenters. The van der Waals surface area contributed by atoms with Crippen LogP contribution in [0.3, 0.4) is 0 Å². The Kier molecular flexibility index (Phi) is 8.04. The van der Waals surface area contributed by atoms with Gasteiger partial charge in [-0.25, -0.2) is 13.1 Å². The van der Waals surface area contributed by atoms with Crippen LogP contribution in [0, 0.1) is 6.92 Å². The summed E-state index contributed by atoms with van der Waals surface area (Å²) in [5.41, 5.74) is 3.19. The smallest absolute Gasteiger partial charge is 0.274 e. The number of nitrogens with zero attached hydrogens (tertiary/aromatic N) is 4. The van der Waals surface area contributed by atoms with E-state index in [0.717, 1.165) is 11.9 Å². The Morgan fingerprint density at radius 1 is 1.02 bits per heavy atom. The van der Waals surface area contributed by atoms with Crippen LogP contribution in [-0.2, 0) is 29.5 Å². The first-order chi connectivity index (χ1) is 19.6. The van der Waals surface area contributed by atoms with Gasteiger partial charge in [0.05, 0.1) is 30.6 Å². The lowest BCUT2D eigenvalue weighted by Crippen LogP contribution is -2.41.